The second-order valence-corrected chi connectivity index (χ2v) is 6.88. The van der Waals surface area contributed by atoms with Gasteiger partial charge in [0.25, 0.3) is 0 Å². The molecule has 0 bridgehead atoms. The first-order valence-electron chi connectivity index (χ1n) is 6.17. The Bertz CT molecular complexity index is 297. The Morgan fingerprint density at radius 1 is 1.31 bits per heavy atom. The summed E-state index contributed by atoms with van der Waals surface area (Å²) in [5.74, 6) is 0.496. The number of rotatable bonds is 5. The topological polar surface area (TPSA) is 63.4 Å². The first-order valence-corrected chi connectivity index (χ1v) is 7.78. The van der Waals surface area contributed by atoms with Crippen LogP contribution in [0.1, 0.15) is 39.0 Å². The van der Waals surface area contributed by atoms with Crippen molar-refractivity contribution in [2.75, 3.05) is 19.3 Å². The lowest BCUT2D eigenvalue weighted by Gasteiger charge is -2.28. The van der Waals surface area contributed by atoms with Gasteiger partial charge in [-0.05, 0) is 18.8 Å². The molecule has 0 heterocycles. The minimum atomic E-state index is -3.15. The van der Waals surface area contributed by atoms with E-state index in [9.17, 15) is 8.42 Å². The van der Waals surface area contributed by atoms with E-state index in [1.54, 1.807) is 7.05 Å². The Morgan fingerprint density at radius 2 is 1.88 bits per heavy atom. The van der Waals surface area contributed by atoms with Gasteiger partial charge in [0.15, 0.2) is 0 Å². The van der Waals surface area contributed by atoms with Crippen molar-refractivity contribution < 1.29 is 8.42 Å². The van der Waals surface area contributed by atoms with Gasteiger partial charge in [-0.1, -0.05) is 26.2 Å². The van der Waals surface area contributed by atoms with Gasteiger partial charge >= 0.3 is 0 Å². The zero-order chi connectivity index (χ0) is 12.2. The van der Waals surface area contributed by atoms with Crippen molar-refractivity contribution in [1.29, 1.82) is 0 Å². The highest BCUT2D eigenvalue weighted by Crippen LogP contribution is 2.26. The molecular weight excluding hydrogens is 224 g/mol. The summed E-state index contributed by atoms with van der Waals surface area (Å²) >= 11 is 0. The lowest BCUT2D eigenvalue weighted by atomic mass is 9.85. The number of hydrogen-bond acceptors (Lipinski definition) is 3. The summed E-state index contributed by atoms with van der Waals surface area (Å²) in [7, 11) is -1.54. The van der Waals surface area contributed by atoms with E-state index in [-0.39, 0.29) is 11.8 Å². The molecule has 0 aromatic rings. The van der Waals surface area contributed by atoms with Crippen molar-refractivity contribution >= 4 is 10.0 Å². The molecule has 16 heavy (non-hydrogen) atoms. The van der Waals surface area contributed by atoms with Crippen LogP contribution in [0.5, 0.6) is 0 Å². The molecule has 4 nitrogen and oxygen atoms in total. The van der Waals surface area contributed by atoms with Crippen molar-refractivity contribution in [2.24, 2.45) is 11.7 Å². The average Bonchev–Trinajstić information content (AvgIpc) is 2.28. The minimum absolute atomic E-state index is 0.0992. The molecule has 2 N–H and O–H groups in total. The van der Waals surface area contributed by atoms with E-state index in [0.29, 0.717) is 12.5 Å². The lowest BCUT2D eigenvalue weighted by Crippen LogP contribution is -2.42. The second-order valence-electron chi connectivity index (χ2n) is 4.75. The third-order valence-electron chi connectivity index (χ3n) is 3.58. The SMILES string of the molecule is CCN(C)S(=O)(=O)CC(N)C1CCCCC1. The molecule has 0 aromatic heterocycles. The van der Waals surface area contributed by atoms with Gasteiger partial charge in [0, 0.05) is 19.6 Å². The van der Waals surface area contributed by atoms with E-state index in [2.05, 4.69) is 0 Å². The first kappa shape index (κ1) is 13.9. The fourth-order valence-electron chi connectivity index (χ4n) is 2.27. The first-order chi connectivity index (χ1) is 7.47. The number of nitrogens with two attached hydrogens (primary N) is 1. The third-order valence-corrected chi connectivity index (χ3v) is 5.59. The van der Waals surface area contributed by atoms with Crippen molar-refractivity contribution in [2.45, 2.75) is 45.1 Å². The zero-order valence-corrected chi connectivity index (χ0v) is 11.2. The van der Waals surface area contributed by atoms with E-state index in [4.69, 9.17) is 5.73 Å². The molecule has 1 rings (SSSR count). The number of hydrogen-bond donors (Lipinski definition) is 1. The molecule has 1 aliphatic rings. The van der Waals surface area contributed by atoms with Gasteiger partial charge in [-0.25, -0.2) is 12.7 Å². The smallest absolute Gasteiger partial charge is 0.215 e. The molecule has 0 spiro atoms. The maximum Gasteiger partial charge on any atom is 0.215 e. The predicted octanol–water partition coefficient (Wildman–Crippen LogP) is 1.18. The summed E-state index contributed by atoms with van der Waals surface area (Å²) in [6, 6.07) is -0.195. The second kappa shape index (κ2) is 5.98. The highest BCUT2D eigenvalue weighted by molar-refractivity contribution is 7.89. The molecule has 5 heteroatoms. The Morgan fingerprint density at radius 3 is 2.38 bits per heavy atom. The highest BCUT2D eigenvalue weighted by atomic mass is 32.2. The Labute approximate surface area is 99.2 Å². The maximum absolute atomic E-state index is 11.9. The molecule has 1 unspecified atom stereocenters. The molecule has 0 saturated heterocycles. The largest absolute Gasteiger partial charge is 0.326 e. The van der Waals surface area contributed by atoms with Gasteiger partial charge in [0.1, 0.15) is 0 Å². The van der Waals surface area contributed by atoms with Crippen LogP contribution in [-0.2, 0) is 10.0 Å². The summed E-state index contributed by atoms with van der Waals surface area (Å²) in [4.78, 5) is 0. The molecular formula is C11H24N2O2S. The standard InChI is InChI=1S/C11H24N2O2S/c1-3-13(2)16(14,15)9-11(12)10-7-5-4-6-8-10/h10-11H,3-9,12H2,1-2H3. The average molecular weight is 248 g/mol. The molecule has 0 amide bonds. The van der Waals surface area contributed by atoms with Crippen molar-refractivity contribution in [3.63, 3.8) is 0 Å². The van der Waals surface area contributed by atoms with E-state index < -0.39 is 10.0 Å². The number of nitrogens with zero attached hydrogens (tertiary/aromatic N) is 1. The summed E-state index contributed by atoms with van der Waals surface area (Å²) < 4.78 is 25.1. The molecule has 0 radical (unpaired) electrons. The summed E-state index contributed by atoms with van der Waals surface area (Å²) in [5, 5.41) is 0. The molecule has 0 aliphatic heterocycles. The number of sulfonamides is 1. The van der Waals surface area contributed by atoms with Crippen LogP contribution in [0.25, 0.3) is 0 Å². The van der Waals surface area contributed by atoms with Crippen LogP contribution in [0.15, 0.2) is 0 Å². The van der Waals surface area contributed by atoms with Crippen LogP contribution in [-0.4, -0.2) is 38.1 Å². The normalized spacial score (nSPS) is 21.2. The molecule has 1 atom stereocenters. The van der Waals surface area contributed by atoms with E-state index >= 15 is 0 Å². The van der Waals surface area contributed by atoms with Crippen LogP contribution >= 0.6 is 0 Å². The van der Waals surface area contributed by atoms with E-state index in [0.717, 1.165) is 12.8 Å². The van der Waals surface area contributed by atoms with Gasteiger partial charge < -0.3 is 5.73 Å². The van der Waals surface area contributed by atoms with Crippen molar-refractivity contribution in [3.05, 3.63) is 0 Å². The molecule has 0 aromatic carbocycles. The van der Waals surface area contributed by atoms with Gasteiger partial charge in [-0.15, -0.1) is 0 Å². The monoisotopic (exact) mass is 248 g/mol. The summed E-state index contributed by atoms with van der Waals surface area (Å²) in [6.45, 7) is 2.35. The Hall–Kier alpha value is -0.130. The van der Waals surface area contributed by atoms with Crippen LogP contribution in [0, 0.1) is 5.92 Å². The van der Waals surface area contributed by atoms with Gasteiger partial charge in [-0.3, -0.25) is 0 Å². The quantitative estimate of drug-likeness (QED) is 0.794. The van der Waals surface area contributed by atoms with Gasteiger partial charge in [0.2, 0.25) is 10.0 Å². The van der Waals surface area contributed by atoms with Gasteiger partial charge in [0.05, 0.1) is 5.75 Å². The summed E-state index contributed by atoms with van der Waals surface area (Å²) in [6.07, 6.45) is 5.84. The van der Waals surface area contributed by atoms with Crippen LogP contribution in [0.3, 0.4) is 0 Å². The van der Waals surface area contributed by atoms with Crippen LogP contribution < -0.4 is 5.73 Å². The Kier molecular flexibility index (Phi) is 5.21. The zero-order valence-electron chi connectivity index (χ0n) is 10.4. The van der Waals surface area contributed by atoms with Crippen LogP contribution in [0.4, 0.5) is 0 Å². The van der Waals surface area contributed by atoms with Gasteiger partial charge in [-0.2, -0.15) is 0 Å². The molecule has 1 aliphatic carbocycles. The highest BCUT2D eigenvalue weighted by Gasteiger charge is 2.27. The van der Waals surface area contributed by atoms with Crippen LogP contribution in [0.2, 0.25) is 0 Å². The minimum Gasteiger partial charge on any atom is -0.326 e. The predicted molar refractivity (Wildman–Crippen MR) is 66.6 cm³/mol. The van der Waals surface area contributed by atoms with E-state index in [1.807, 2.05) is 6.92 Å². The molecule has 1 fully saturated rings. The fourth-order valence-corrected chi connectivity index (χ4v) is 3.67. The lowest BCUT2D eigenvalue weighted by molar-refractivity contribution is 0.315. The summed E-state index contributed by atoms with van der Waals surface area (Å²) in [5.41, 5.74) is 6.02. The fraction of sp³-hybridized carbons (Fsp3) is 1.00. The van der Waals surface area contributed by atoms with E-state index in [1.165, 1.54) is 23.6 Å². The van der Waals surface area contributed by atoms with Crippen molar-refractivity contribution in [1.82, 2.24) is 4.31 Å². The van der Waals surface area contributed by atoms with Crippen molar-refractivity contribution in [3.8, 4) is 0 Å². The third kappa shape index (κ3) is 3.71. The molecule has 1 saturated carbocycles. The molecule has 96 valence electrons. The maximum atomic E-state index is 11.9. The Balaban J connectivity index is 2.52.